The number of phenolic OH excluding ortho intramolecular Hbond substituents is 12. The van der Waals surface area contributed by atoms with Crippen molar-refractivity contribution in [2.75, 3.05) is 0 Å². The molecule has 1 atom stereocenters. The van der Waals surface area contributed by atoms with Crippen LogP contribution in [0.2, 0.25) is 0 Å². The van der Waals surface area contributed by atoms with Crippen molar-refractivity contribution in [1.82, 2.24) is 0 Å². The predicted octanol–water partition coefficient (Wildman–Crippen LogP) is 9.50. The Morgan fingerprint density at radius 2 is 1.02 bits per heavy atom. The number of aliphatic imine (C=N–C) groups is 2. The number of phenols is 12. The van der Waals surface area contributed by atoms with Gasteiger partial charge < -0.3 is 65.7 Å². The normalized spacial score (nSPS) is 14.3. The lowest BCUT2D eigenvalue weighted by atomic mass is 9.88. The van der Waals surface area contributed by atoms with Crippen LogP contribution in [0.4, 0.5) is 0 Å². The first-order valence-electron chi connectivity index (χ1n) is 19.7. The van der Waals surface area contributed by atoms with E-state index >= 15 is 0 Å². The summed E-state index contributed by atoms with van der Waals surface area (Å²) >= 11 is 0. The Morgan fingerprint density at radius 3 is 1.72 bits per heavy atom. The summed E-state index contributed by atoms with van der Waals surface area (Å²) in [5.41, 5.74) is 1.44. The first kappa shape index (κ1) is 39.2. The van der Waals surface area contributed by atoms with E-state index in [0.717, 1.165) is 32.7 Å². The van der Waals surface area contributed by atoms with Gasteiger partial charge in [-0.3, -0.25) is 0 Å². The van der Waals surface area contributed by atoms with Gasteiger partial charge in [0, 0.05) is 22.3 Å². The Hall–Kier alpha value is -8.98. The Balaban J connectivity index is 1.19. The lowest BCUT2D eigenvalue weighted by molar-refractivity contribution is 0.327. The van der Waals surface area contributed by atoms with Gasteiger partial charge in [-0.25, -0.2) is 9.98 Å². The van der Waals surface area contributed by atoms with Gasteiger partial charge in [-0.05, 0) is 69.4 Å². The maximum absolute atomic E-state index is 11.7. The van der Waals surface area contributed by atoms with Crippen molar-refractivity contribution in [2.45, 2.75) is 13.3 Å². The van der Waals surface area contributed by atoms with Crippen LogP contribution in [-0.4, -0.2) is 72.8 Å². The zero-order valence-electron chi connectivity index (χ0n) is 33.2. The molecule has 64 heavy (non-hydrogen) atoms. The average Bonchev–Trinajstić information content (AvgIpc) is 3.58. The molecule has 12 N–H and O–H groups in total. The van der Waals surface area contributed by atoms with Crippen LogP contribution in [0.1, 0.15) is 30.0 Å². The van der Waals surface area contributed by atoms with Crippen molar-refractivity contribution in [3.05, 3.63) is 114 Å². The third kappa shape index (κ3) is 5.53. The zero-order chi connectivity index (χ0) is 45.0. The molecule has 0 amide bonds. The van der Waals surface area contributed by atoms with E-state index in [4.69, 9.17) is 9.41 Å². The summed E-state index contributed by atoms with van der Waals surface area (Å²) in [6, 6.07) is 29.5. The van der Waals surface area contributed by atoms with Gasteiger partial charge in [0.2, 0.25) is 28.7 Å². The third-order valence-corrected chi connectivity index (χ3v) is 11.9. The van der Waals surface area contributed by atoms with Crippen molar-refractivity contribution in [2.24, 2.45) is 15.9 Å². The minimum Gasteiger partial charge on any atom is -0.506 e. The van der Waals surface area contributed by atoms with Crippen molar-refractivity contribution >= 4 is 71.5 Å². The molecule has 1 aliphatic heterocycles. The molecule has 1 aromatic heterocycles. The summed E-state index contributed by atoms with van der Waals surface area (Å²) < 4.78 is 6.43. The molecule has 1 aliphatic rings. The fraction of sp³-hybridized carbons (Fsp3) is 0.0612. The van der Waals surface area contributed by atoms with E-state index in [-0.39, 0.29) is 17.8 Å². The quantitative estimate of drug-likeness (QED) is 0.0437. The molecule has 318 valence electrons. The van der Waals surface area contributed by atoms with Crippen LogP contribution in [0.15, 0.2) is 111 Å². The Morgan fingerprint density at radius 1 is 0.453 bits per heavy atom. The first-order chi connectivity index (χ1) is 30.7. The number of amidine groups is 1. The van der Waals surface area contributed by atoms with Gasteiger partial charge in [-0.2, -0.15) is 0 Å². The summed E-state index contributed by atoms with van der Waals surface area (Å²) in [4.78, 5) is 9.25. The Kier molecular flexibility index (Phi) is 8.59. The number of nitrogens with zero attached hydrogens (tertiary/aromatic N) is 2. The fourth-order valence-corrected chi connectivity index (χ4v) is 8.64. The van der Waals surface area contributed by atoms with E-state index in [1.807, 2.05) is 36.4 Å². The first-order valence-corrected chi connectivity index (χ1v) is 19.7. The van der Waals surface area contributed by atoms with E-state index in [0.29, 0.717) is 27.5 Å². The minimum atomic E-state index is -1.27. The van der Waals surface area contributed by atoms with Gasteiger partial charge in [-0.1, -0.05) is 73.7 Å². The number of allylic oxidation sites excluding steroid dienone is 1. The number of hydrogen-bond acceptors (Lipinski definition) is 15. The standard InChI is InChI=1S/C49H34N2O13/c1-2-19-17-28(26-8-5-9-29-31(26)27-15-13-22(18-30(27)64-29)21-12-14-25-23(16-21)11-10-20-6-3-4-7-24(20)25)50-49(35-42(57)46(61)48(63)47(62)43(35)58)51-36(19)34-37(52)32-33(38(53)41(34)56)40(55)45(60)44(59)39(32)54/h3-19,52-63H,2H2,1H3. The van der Waals surface area contributed by atoms with Crippen LogP contribution in [0.5, 0.6) is 69.0 Å². The summed E-state index contributed by atoms with van der Waals surface area (Å²) in [5, 5.41) is 134. The van der Waals surface area contributed by atoms with Gasteiger partial charge in [0.15, 0.2) is 40.3 Å². The predicted molar refractivity (Wildman–Crippen MR) is 239 cm³/mol. The molecule has 1 unspecified atom stereocenters. The summed E-state index contributed by atoms with van der Waals surface area (Å²) in [6.07, 6.45) is 1.67. The molecule has 0 aliphatic carbocycles. The number of rotatable bonds is 5. The number of furan rings is 1. The second kappa shape index (κ2) is 14.0. The van der Waals surface area contributed by atoms with Crippen molar-refractivity contribution in [3.8, 4) is 80.1 Å². The van der Waals surface area contributed by atoms with Crippen LogP contribution >= 0.6 is 0 Å². The van der Waals surface area contributed by atoms with Crippen LogP contribution < -0.4 is 0 Å². The van der Waals surface area contributed by atoms with Gasteiger partial charge in [0.1, 0.15) is 22.5 Å². The molecule has 0 fully saturated rings. The highest BCUT2D eigenvalue weighted by Gasteiger charge is 2.35. The highest BCUT2D eigenvalue weighted by atomic mass is 16.4. The van der Waals surface area contributed by atoms with E-state index in [1.165, 1.54) is 0 Å². The molecule has 0 saturated carbocycles. The number of hydrogen-bond donors (Lipinski definition) is 12. The Bertz CT molecular complexity index is 3610. The van der Waals surface area contributed by atoms with Crippen LogP contribution in [0.25, 0.3) is 71.1 Å². The third-order valence-electron chi connectivity index (χ3n) is 11.9. The molecule has 8 aromatic carbocycles. The molecule has 9 aromatic rings. The van der Waals surface area contributed by atoms with Crippen molar-refractivity contribution in [3.63, 3.8) is 0 Å². The molecule has 15 nitrogen and oxygen atoms in total. The van der Waals surface area contributed by atoms with Crippen LogP contribution in [-0.2, 0) is 0 Å². The molecule has 0 bridgehead atoms. The van der Waals surface area contributed by atoms with Crippen LogP contribution in [0, 0.1) is 5.92 Å². The molecule has 15 heteroatoms. The number of aromatic hydroxyl groups is 12. The number of benzene rings is 8. The minimum absolute atomic E-state index is 0.0950. The molecular formula is C49H34N2O13. The molecule has 0 spiro atoms. The Labute approximate surface area is 359 Å². The van der Waals surface area contributed by atoms with E-state index in [9.17, 15) is 61.3 Å². The zero-order valence-corrected chi connectivity index (χ0v) is 33.2. The molecule has 2 heterocycles. The largest absolute Gasteiger partial charge is 0.506 e. The second-order valence-electron chi connectivity index (χ2n) is 15.4. The van der Waals surface area contributed by atoms with Crippen molar-refractivity contribution in [1.29, 1.82) is 0 Å². The van der Waals surface area contributed by atoms with Gasteiger partial charge in [0.05, 0.1) is 27.7 Å². The summed E-state index contributed by atoms with van der Waals surface area (Å²) in [7, 11) is 0. The molecular weight excluding hydrogens is 825 g/mol. The van der Waals surface area contributed by atoms with Gasteiger partial charge in [0.25, 0.3) is 0 Å². The molecule has 0 radical (unpaired) electrons. The average molecular weight is 859 g/mol. The van der Waals surface area contributed by atoms with Gasteiger partial charge >= 0.3 is 0 Å². The van der Waals surface area contributed by atoms with E-state index < -0.39 is 103 Å². The maximum atomic E-state index is 11.7. The summed E-state index contributed by atoms with van der Waals surface area (Å²) in [6.45, 7) is 1.69. The maximum Gasteiger partial charge on any atom is 0.208 e. The lowest BCUT2D eigenvalue weighted by Crippen LogP contribution is -2.16. The van der Waals surface area contributed by atoms with E-state index in [2.05, 4.69) is 41.4 Å². The molecule has 0 saturated heterocycles. The van der Waals surface area contributed by atoms with E-state index in [1.54, 1.807) is 31.2 Å². The molecule has 10 rings (SSSR count). The monoisotopic (exact) mass is 858 g/mol. The SMILES string of the molecule is CCC1C=C(c2cccc3oc4cc(-c5ccc6c(ccc7ccccc76)c5)ccc4c23)N=C(c2c(O)c(O)c(O)c(O)c2O)N=C1c1c(O)c(O)c2c(O)c(O)c(O)c(O)c2c1O. The summed E-state index contributed by atoms with van der Waals surface area (Å²) in [5.74, 6) is -16.0. The van der Waals surface area contributed by atoms with Crippen molar-refractivity contribution < 1.29 is 65.7 Å². The highest BCUT2D eigenvalue weighted by Crippen LogP contribution is 2.58. The second-order valence-corrected chi connectivity index (χ2v) is 15.4. The smallest absolute Gasteiger partial charge is 0.208 e. The highest BCUT2D eigenvalue weighted by molar-refractivity contribution is 6.24. The topological polar surface area (TPSA) is 281 Å². The lowest BCUT2D eigenvalue weighted by Gasteiger charge is -2.20. The van der Waals surface area contributed by atoms with Gasteiger partial charge in [-0.15, -0.1) is 0 Å². The fourth-order valence-electron chi connectivity index (χ4n) is 8.64. The van der Waals surface area contributed by atoms with Crippen LogP contribution in [0.3, 0.4) is 0 Å². The number of fused-ring (bicyclic) bond motifs is 7.